The molecular weight excluding hydrogens is 397 g/mol. The van der Waals surface area contributed by atoms with Crippen LogP contribution < -0.4 is 5.32 Å². The van der Waals surface area contributed by atoms with E-state index in [2.05, 4.69) is 5.32 Å². The van der Waals surface area contributed by atoms with Crippen molar-refractivity contribution in [3.63, 3.8) is 0 Å². The molecule has 0 aliphatic rings. The van der Waals surface area contributed by atoms with E-state index in [1.54, 1.807) is 6.92 Å². The smallest absolute Gasteiger partial charge is 0.339 e. The zero-order valence-corrected chi connectivity index (χ0v) is 16.3. The number of hydrogen-bond donors (Lipinski definition) is 1. The summed E-state index contributed by atoms with van der Waals surface area (Å²) in [7, 11) is -3.51. The molecule has 0 unspecified atom stereocenters. The molecule has 6 nitrogen and oxygen atoms in total. The Kier molecular flexibility index (Phi) is 6.22. The van der Waals surface area contributed by atoms with Crippen LogP contribution in [0.15, 0.2) is 41.3 Å². The highest BCUT2D eigenvalue weighted by molar-refractivity contribution is 7.90. The minimum atomic E-state index is -3.51. The SMILES string of the molecule is Cc1ccc(S(C)(=O)=O)cc1C(=O)O[C@H](C)C(=O)Nc1ccc(Cl)cc1F. The van der Waals surface area contributed by atoms with Gasteiger partial charge in [-0.25, -0.2) is 17.6 Å². The zero-order chi connectivity index (χ0) is 20.4. The van der Waals surface area contributed by atoms with Gasteiger partial charge in [0.05, 0.1) is 16.1 Å². The number of ether oxygens (including phenoxy) is 1. The molecule has 144 valence electrons. The number of aryl methyl sites for hydroxylation is 1. The summed E-state index contributed by atoms with van der Waals surface area (Å²) in [4.78, 5) is 24.4. The molecule has 2 aromatic carbocycles. The minimum Gasteiger partial charge on any atom is -0.449 e. The number of benzene rings is 2. The Morgan fingerprint density at radius 2 is 1.85 bits per heavy atom. The number of halogens is 2. The largest absolute Gasteiger partial charge is 0.449 e. The van der Waals surface area contributed by atoms with Crippen molar-refractivity contribution in [2.45, 2.75) is 24.8 Å². The van der Waals surface area contributed by atoms with Crippen LogP contribution in [0.2, 0.25) is 5.02 Å². The van der Waals surface area contributed by atoms with Crippen LogP contribution in [0.3, 0.4) is 0 Å². The summed E-state index contributed by atoms with van der Waals surface area (Å²) in [5, 5.41) is 2.47. The van der Waals surface area contributed by atoms with Crippen molar-refractivity contribution in [3.05, 3.63) is 58.4 Å². The Hall–Kier alpha value is -2.45. The number of amides is 1. The molecule has 0 spiro atoms. The van der Waals surface area contributed by atoms with Gasteiger partial charge < -0.3 is 10.1 Å². The van der Waals surface area contributed by atoms with Gasteiger partial charge in [0.25, 0.3) is 5.91 Å². The molecule has 1 N–H and O–H groups in total. The van der Waals surface area contributed by atoms with Gasteiger partial charge in [-0.15, -0.1) is 0 Å². The van der Waals surface area contributed by atoms with Gasteiger partial charge >= 0.3 is 5.97 Å². The molecule has 1 atom stereocenters. The van der Waals surface area contributed by atoms with E-state index in [1.165, 1.54) is 37.3 Å². The monoisotopic (exact) mass is 413 g/mol. The number of sulfone groups is 1. The number of hydrogen-bond acceptors (Lipinski definition) is 5. The van der Waals surface area contributed by atoms with Crippen LogP contribution in [0.5, 0.6) is 0 Å². The molecule has 0 radical (unpaired) electrons. The lowest BCUT2D eigenvalue weighted by atomic mass is 10.1. The maximum atomic E-state index is 13.7. The fourth-order valence-electron chi connectivity index (χ4n) is 2.15. The predicted octanol–water partition coefficient (Wildman–Crippen LogP) is 3.38. The Balaban J connectivity index is 2.14. The first-order valence-corrected chi connectivity index (χ1v) is 10.0. The van der Waals surface area contributed by atoms with Gasteiger partial charge in [0.15, 0.2) is 15.9 Å². The van der Waals surface area contributed by atoms with E-state index < -0.39 is 33.6 Å². The fraction of sp³-hybridized carbons (Fsp3) is 0.222. The van der Waals surface area contributed by atoms with Crippen LogP contribution in [0, 0.1) is 12.7 Å². The van der Waals surface area contributed by atoms with Crippen LogP contribution >= 0.6 is 11.6 Å². The standard InChI is InChI=1S/C18H17ClFNO5S/c1-10-4-6-13(27(3,24)25)9-14(10)18(23)26-11(2)17(22)21-16-7-5-12(19)8-15(16)20/h4-9,11H,1-3H3,(H,21,22)/t11-/m1/s1. The second-order valence-corrected chi connectivity index (χ2v) is 8.36. The molecule has 27 heavy (non-hydrogen) atoms. The first kappa shape index (κ1) is 20.9. The van der Waals surface area contributed by atoms with Crippen LogP contribution in [-0.2, 0) is 19.4 Å². The molecule has 0 saturated carbocycles. The van der Waals surface area contributed by atoms with Gasteiger partial charge in [-0.2, -0.15) is 0 Å². The number of esters is 1. The number of rotatable bonds is 5. The third kappa shape index (κ3) is 5.27. The van der Waals surface area contributed by atoms with Gasteiger partial charge in [-0.05, 0) is 49.7 Å². The molecule has 0 aliphatic carbocycles. The van der Waals surface area contributed by atoms with Gasteiger partial charge in [0.1, 0.15) is 5.82 Å². The summed E-state index contributed by atoms with van der Waals surface area (Å²) in [6, 6.07) is 7.76. The van der Waals surface area contributed by atoms with Crippen molar-refractivity contribution < 1.29 is 27.1 Å². The Bertz CT molecular complexity index is 1010. The van der Waals surface area contributed by atoms with E-state index >= 15 is 0 Å². The van der Waals surface area contributed by atoms with Gasteiger partial charge in [0, 0.05) is 11.3 Å². The van der Waals surface area contributed by atoms with Gasteiger partial charge in [-0.3, -0.25) is 4.79 Å². The minimum absolute atomic E-state index is 0.0234. The highest BCUT2D eigenvalue weighted by Crippen LogP contribution is 2.20. The maximum absolute atomic E-state index is 13.7. The fourth-order valence-corrected chi connectivity index (χ4v) is 2.96. The van der Waals surface area contributed by atoms with E-state index in [0.29, 0.717) is 5.56 Å². The molecule has 9 heteroatoms. The Labute approximate surface area is 161 Å². The van der Waals surface area contributed by atoms with Crippen LogP contribution in [0.4, 0.5) is 10.1 Å². The summed E-state index contributed by atoms with van der Waals surface area (Å²) in [6.45, 7) is 2.92. The van der Waals surface area contributed by atoms with Crippen molar-refractivity contribution in [3.8, 4) is 0 Å². The summed E-state index contributed by atoms with van der Waals surface area (Å²) < 4.78 is 42.1. The van der Waals surface area contributed by atoms with E-state index in [1.807, 2.05) is 0 Å². The predicted molar refractivity (Wildman–Crippen MR) is 99.2 cm³/mol. The molecule has 0 heterocycles. The van der Waals surface area contributed by atoms with Gasteiger partial charge in [0.2, 0.25) is 0 Å². The van der Waals surface area contributed by atoms with Crippen molar-refractivity contribution in [1.82, 2.24) is 0 Å². The lowest BCUT2D eigenvalue weighted by molar-refractivity contribution is -0.123. The molecule has 0 aliphatic heterocycles. The lowest BCUT2D eigenvalue weighted by Gasteiger charge is -2.15. The highest BCUT2D eigenvalue weighted by atomic mass is 35.5. The summed E-state index contributed by atoms with van der Waals surface area (Å²) in [5.41, 5.74) is 0.404. The third-order valence-electron chi connectivity index (χ3n) is 3.70. The molecule has 2 rings (SSSR count). The molecule has 2 aromatic rings. The summed E-state index contributed by atoms with van der Waals surface area (Å²) in [6.07, 6.45) is -0.224. The molecule has 0 aromatic heterocycles. The molecule has 1 amide bonds. The topological polar surface area (TPSA) is 89.5 Å². The van der Waals surface area contributed by atoms with E-state index in [-0.39, 0.29) is 21.2 Å². The number of carbonyl (C=O) groups is 2. The van der Waals surface area contributed by atoms with Crippen LogP contribution in [0.25, 0.3) is 0 Å². The normalized spacial score (nSPS) is 12.3. The molecule has 0 fully saturated rings. The number of carbonyl (C=O) groups excluding carboxylic acids is 2. The van der Waals surface area contributed by atoms with Crippen LogP contribution in [-0.4, -0.2) is 32.7 Å². The Morgan fingerprint density at radius 3 is 2.44 bits per heavy atom. The maximum Gasteiger partial charge on any atom is 0.339 e. The van der Waals surface area contributed by atoms with Crippen molar-refractivity contribution in [2.75, 3.05) is 11.6 Å². The first-order valence-electron chi connectivity index (χ1n) is 7.76. The van der Waals surface area contributed by atoms with Crippen molar-refractivity contribution in [2.24, 2.45) is 0 Å². The van der Waals surface area contributed by atoms with E-state index in [0.717, 1.165) is 12.3 Å². The molecular formula is C18H17ClFNO5S. The van der Waals surface area contributed by atoms with Crippen LogP contribution in [0.1, 0.15) is 22.8 Å². The third-order valence-corrected chi connectivity index (χ3v) is 5.04. The lowest BCUT2D eigenvalue weighted by Crippen LogP contribution is -2.30. The van der Waals surface area contributed by atoms with Gasteiger partial charge in [-0.1, -0.05) is 17.7 Å². The van der Waals surface area contributed by atoms with Crippen molar-refractivity contribution >= 4 is 39.0 Å². The average Bonchev–Trinajstić information content (AvgIpc) is 2.56. The summed E-state index contributed by atoms with van der Waals surface area (Å²) in [5.74, 6) is -2.34. The second-order valence-electron chi connectivity index (χ2n) is 5.91. The quantitative estimate of drug-likeness (QED) is 0.759. The van der Waals surface area contributed by atoms with Crippen molar-refractivity contribution in [1.29, 1.82) is 0 Å². The zero-order valence-electron chi connectivity index (χ0n) is 14.7. The number of anilines is 1. The van der Waals surface area contributed by atoms with E-state index in [4.69, 9.17) is 16.3 Å². The summed E-state index contributed by atoms with van der Waals surface area (Å²) >= 11 is 5.65. The molecule has 0 saturated heterocycles. The second kappa shape index (κ2) is 8.06. The number of nitrogens with one attached hydrogen (secondary N) is 1. The Morgan fingerprint density at radius 1 is 1.19 bits per heavy atom. The van der Waals surface area contributed by atoms with E-state index in [9.17, 15) is 22.4 Å². The molecule has 0 bridgehead atoms. The first-order chi connectivity index (χ1) is 12.5. The highest BCUT2D eigenvalue weighted by Gasteiger charge is 2.22. The average molecular weight is 414 g/mol.